The molecular weight excluding hydrogens is 291 g/mol. The van der Waals surface area contributed by atoms with Crippen LogP contribution >= 0.6 is 23.2 Å². The highest BCUT2D eigenvalue weighted by atomic mass is 35.5. The molecule has 102 valence electrons. The lowest BCUT2D eigenvalue weighted by Gasteiger charge is -2.53. The van der Waals surface area contributed by atoms with Crippen molar-refractivity contribution >= 4 is 23.2 Å². The van der Waals surface area contributed by atoms with Gasteiger partial charge in [-0.15, -0.1) is 23.2 Å². The molecule has 5 rings (SSSR count). The van der Waals surface area contributed by atoms with E-state index in [1.165, 1.54) is 11.1 Å². The zero-order valence-electron chi connectivity index (χ0n) is 10.8. The van der Waals surface area contributed by atoms with E-state index in [1.54, 1.807) is 0 Å². The highest BCUT2D eigenvalue weighted by Crippen LogP contribution is 2.59. The molecule has 20 heavy (non-hydrogen) atoms. The fourth-order valence-corrected chi connectivity index (χ4v) is 4.94. The van der Waals surface area contributed by atoms with Gasteiger partial charge in [0.15, 0.2) is 0 Å². The first-order valence-corrected chi connectivity index (χ1v) is 7.67. The van der Waals surface area contributed by atoms with Crippen LogP contribution < -0.4 is 0 Å². The van der Waals surface area contributed by atoms with Gasteiger partial charge in [0.1, 0.15) is 0 Å². The Balaban J connectivity index is 2.14. The van der Waals surface area contributed by atoms with Gasteiger partial charge >= 0.3 is 0 Å². The SMILES string of the molecule is OCC12c3ccccc3C(c3ccccc31)[C@H](Cl)[C@H]2Cl. The number of aliphatic hydroxyl groups is 1. The summed E-state index contributed by atoms with van der Waals surface area (Å²) in [5.41, 5.74) is 4.08. The van der Waals surface area contributed by atoms with E-state index in [9.17, 15) is 5.11 Å². The quantitative estimate of drug-likeness (QED) is 0.798. The Labute approximate surface area is 128 Å². The first-order valence-electron chi connectivity index (χ1n) is 6.79. The summed E-state index contributed by atoms with van der Waals surface area (Å²) in [6.45, 7) is -0.0227. The van der Waals surface area contributed by atoms with Gasteiger partial charge in [0, 0.05) is 5.92 Å². The van der Waals surface area contributed by atoms with Crippen molar-refractivity contribution in [2.45, 2.75) is 22.1 Å². The molecule has 1 nitrogen and oxygen atoms in total. The normalized spacial score (nSPS) is 33.6. The summed E-state index contributed by atoms with van der Waals surface area (Å²) >= 11 is 13.3. The lowest BCUT2D eigenvalue weighted by atomic mass is 9.55. The molecule has 3 aliphatic rings. The molecule has 2 bridgehead atoms. The Morgan fingerprint density at radius 3 is 1.90 bits per heavy atom. The molecule has 0 amide bonds. The third-order valence-corrected chi connectivity index (χ3v) is 6.15. The van der Waals surface area contributed by atoms with Crippen LogP contribution in [0.2, 0.25) is 0 Å². The van der Waals surface area contributed by atoms with E-state index in [-0.39, 0.29) is 23.3 Å². The van der Waals surface area contributed by atoms with Gasteiger partial charge in [-0.25, -0.2) is 0 Å². The van der Waals surface area contributed by atoms with Crippen LogP contribution in [0.3, 0.4) is 0 Å². The average Bonchev–Trinajstić information content (AvgIpc) is 2.50. The summed E-state index contributed by atoms with van der Waals surface area (Å²) in [6.07, 6.45) is 0. The monoisotopic (exact) mass is 304 g/mol. The molecule has 0 aliphatic heterocycles. The molecule has 1 N–H and O–H groups in total. The number of rotatable bonds is 1. The summed E-state index contributed by atoms with van der Waals surface area (Å²) in [5, 5.41) is 9.70. The maximum atomic E-state index is 10.2. The van der Waals surface area contributed by atoms with Crippen LogP contribution in [0.25, 0.3) is 0 Å². The number of benzene rings is 2. The number of aliphatic hydroxyl groups excluding tert-OH is 1. The van der Waals surface area contributed by atoms with Gasteiger partial charge < -0.3 is 5.11 Å². The van der Waals surface area contributed by atoms with Crippen molar-refractivity contribution in [2.24, 2.45) is 0 Å². The summed E-state index contributed by atoms with van der Waals surface area (Å²) in [7, 11) is 0. The van der Waals surface area contributed by atoms with E-state index in [1.807, 2.05) is 24.3 Å². The van der Waals surface area contributed by atoms with Crippen molar-refractivity contribution in [1.82, 2.24) is 0 Å². The molecule has 2 aromatic carbocycles. The minimum Gasteiger partial charge on any atom is -0.395 e. The van der Waals surface area contributed by atoms with E-state index in [0.717, 1.165) is 11.1 Å². The molecule has 0 saturated carbocycles. The molecule has 3 heteroatoms. The van der Waals surface area contributed by atoms with E-state index in [2.05, 4.69) is 24.3 Å². The number of fused-ring (bicyclic) bond motifs is 1. The van der Waals surface area contributed by atoms with Crippen molar-refractivity contribution in [2.75, 3.05) is 6.61 Å². The molecule has 3 aliphatic carbocycles. The molecular formula is C17H14Cl2O. The molecule has 0 spiro atoms. The van der Waals surface area contributed by atoms with Crippen molar-refractivity contribution in [1.29, 1.82) is 0 Å². The molecule has 2 atom stereocenters. The van der Waals surface area contributed by atoms with Crippen LogP contribution in [0, 0.1) is 0 Å². The predicted octanol–water partition coefficient (Wildman–Crippen LogP) is 3.64. The molecule has 0 saturated heterocycles. The van der Waals surface area contributed by atoms with Crippen LogP contribution in [0.15, 0.2) is 48.5 Å². The first-order chi connectivity index (χ1) is 9.71. The fraction of sp³-hybridized carbons (Fsp3) is 0.294. The predicted molar refractivity (Wildman–Crippen MR) is 81.9 cm³/mol. The number of halogens is 2. The average molecular weight is 305 g/mol. The number of alkyl halides is 2. The molecule has 0 heterocycles. The number of hydrogen-bond donors (Lipinski definition) is 1. The van der Waals surface area contributed by atoms with Crippen LogP contribution in [0.1, 0.15) is 28.2 Å². The second-order valence-electron chi connectivity index (χ2n) is 5.63. The standard InChI is InChI=1S/C17H14Cl2O/c18-15-14-10-5-1-3-7-12(10)17(9-20,16(15)19)13-8-4-2-6-11(13)14/h1-8,14-16,20H,9H2/t14?,15-,16+,17?/m0/s1. The minimum absolute atomic E-state index is 0.0227. The Hall–Kier alpha value is -1.02. The van der Waals surface area contributed by atoms with Gasteiger partial charge in [0.25, 0.3) is 0 Å². The zero-order valence-corrected chi connectivity index (χ0v) is 12.3. The molecule has 2 aromatic rings. The second-order valence-corrected chi connectivity index (χ2v) is 6.60. The van der Waals surface area contributed by atoms with Gasteiger partial charge in [0.05, 0.1) is 22.8 Å². The van der Waals surface area contributed by atoms with E-state index in [0.29, 0.717) is 0 Å². The van der Waals surface area contributed by atoms with Crippen molar-refractivity contribution in [3.63, 3.8) is 0 Å². The van der Waals surface area contributed by atoms with Gasteiger partial charge in [-0.2, -0.15) is 0 Å². The maximum Gasteiger partial charge on any atom is 0.0668 e. The van der Waals surface area contributed by atoms with Crippen LogP contribution in [-0.4, -0.2) is 22.5 Å². The van der Waals surface area contributed by atoms with Gasteiger partial charge in [-0.05, 0) is 22.3 Å². The smallest absolute Gasteiger partial charge is 0.0668 e. The lowest BCUT2D eigenvalue weighted by molar-refractivity contribution is 0.195. The van der Waals surface area contributed by atoms with E-state index < -0.39 is 5.41 Å². The Bertz CT molecular complexity index is 635. The highest BCUT2D eigenvalue weighted by Gasteiger charge is 2.57. The maximum absolute atomic E-state index is 10.2. The fourth-order valence-electron chi connectivity index (χ4n) is 4.00. The summed E-state index contributed by atoms with van der Waals surface area (Å²) in [6, 6.07) is 16.4. The molecule has 0 fully saturated rings. The first kappa shape index (κ1) is 12.7. The molecule has 0 radical (unpaired) electrons. The van der Waals surface area contributed by atoms with Crippen molar-refractivity contribution in [3.8, 4) is 0 Å². The summed E-state index contributed by atoms with van der Waals surface area (Å²) in [4.78, 5) is 0. The van der Waals surface area contributed by atoms with Crippen LogP contribution in [-0.2, 0) is 5.41 Å². The van der Waals surface area contributed by atoms with E-state index in [4.69, 9.17) is 23.2 Å². The van der Waals surface area contributed by atoms with Crippen LogP contribution in [0.5, 0.6) is 0 Å². The van der Waals surface area contributed by atoms with Gasteiger partial charge in [-0.1, -0.05) is 48.5 Å². The van der Waals surface area contributed by atoms with E-state index >= 15 is 0 Å². The topological polar surface area (TPSA) is 20.2 Å². The lowest BCUT2D eigenvalue weighted by Crippen LogP contribution is -2.56. The largest absolute Gasteiger partial charge is 0.395 e. The summed E-state index contributed by atoms with van der Waals surface area (Å²) in [5.74, 6) is 0.111. The number of hydrogen-bond acceptors (Lipinski definition) is 1. The molecule has 0 aromatic heterocycles. The van der Waals surface area contributed by atoms with Gasteiger partial charge in [-0.3, -0.25) is 0 Å². The zero-order chi connectivity index (χ0) is 13.9. The Morgan fingerprint density at radius 2 is 1.40 bits per heavy atom. The summed E-state index contributed by atoms with van der Waals surface area (Å²) < 4.78 is 0. The van der Waals surface area contributed by atoms with Crippen molar-refractivity contribution < 1.29 is 5.11 Å². The Kier molecular flexibility index (Phi) is 2.69. The van der Waals surface area contributed by atoms with Crippen molar-refractivity contribution in [3.05, 3.63) is 70.8 Å². The third-order valence-electron chi connectivity index (χ3n) is 4.87. The minimum atomic E-state index is -0.587. The van der Waals surface area contributed by atoms with Crippen LogP contribution in [0.4, 0.5) is 0 Å². The molecule has 0 unspecified atom stereocenters. The Morgan fingerprint density at radius 1 is 0.900 bits per heavy atom. The second kappa shape index (κ2) is 4.24. The highest BCUT2D eigenvalue weighted by molar-refractivity contribution is 6.32. The van der Waals surface area contributed by atoms with Gasteiger partial charge in [0.2, 0.25) is 0 Å². The third kappa shape index (κ3) is 1.29.